The normalized spacial score (nSPS) is 10.4. The molecule has 0 bridgehead atoms. The average molecular weight is 233 g/mol. The molecular weight excluding hydrogens is 218 g/mol. The van der Waals surface area contributed by atoms with Crippen molar-refractivity contribution in [1.29, 1.82) is 0 Å². The first-order valence-electron chi connectivity index (χ1n) is 5.42. The predicted molar refractivity (Wildman–Crippen MR) is 64.8 cm³/mol. The van der Waals surface area contributed by atoms with Crippen LogP contribution in [0.2, 0.25) is 0 Å². The number of phenolic OH excluding ortho intramolecular Hbond substituents is 1. The number of anilines is 1. The summed E-state index contributed by atoms with van der Waals surface area (Å²) in [6.45, 7) is 3.13. The second-order valence-corrected chi connectivity index (χ2v) is 3.64. The van der Waals surface area contributed by atoms with Crippen LogP contribution in [0, 0.1) is 0 Å². The van der Waals surface area contributed by atoms with E-state index in [-0.39, 0.29) is 5.75 Å². The lowest BCUT2D eigenvalue weighted by Crippen LogP contribution is -2.07. The molecule has 0 aliphatic carbocycles. The molecule has 0 fully saturated rings. The zero-order valence-corrected chi connectivity index (χ0v) is 9.63. The predicted octanol–water partition coefficient (Wildman–Crippen LogP) is 1.77. The molecule has 0 aliphatic heterocycles. The van der Waals surface area contributed by atoms with Gasteiger partial charge in [-0.1, -0.05) is 6.07 Å². The highest BCUT2D eigenvalue weighted by Crippen LogP contribution is 2.19. The van der Waals surface area contributed by atoms with E-state index >= 15 is 0 Å². The van der Waals surface area contributed by atoms with Crippen molar-refractivity contribution in [2.45, 2.75) is 20.1 Å². The minimum absolute atomic E-state index is 0.186. The van der Waals surface area contributed by atoms with E-state index in [4.69, 9.17) is 10.5 Å². The van der Waals surface area contributed by atoms with Gasteiger partial charge in [0.2, 0.25) is 0 Å². The summed E-state index contributed by atoms with van der Waals surface area (Å²) < 4.78 is 7.43. The molecule has 90 valence electrons. The highest BCUT2D eigenvalue weighted by Gasteiger charge is 2.06. The van der Waals surface area contributed by atoms with Gasteiger partial charge in [0, 0.05) is 12.6 Å². The lowest BCUT2D eigenvalue weighted by atomic mass is 10.3. The molecule has 0 amide bonds. The van der Waals surface area contributed by atoms with Gasteiger partial charge in [-0.05, 0) is 19.1 Å². The number of nitrogens with two attached hydrogens (primary N) is 1. The summed E-state index contributed by atoms with van der Waals surface area (Å²) in [5.41, 5.74) is 6.61. The number of nitrogens with zero attached hydrogens (tertiary/aromatic N) is 2. The maximum Gasteiger partial charge on any atom is 0.200 e. The van der Waals surface area contributed by atoms with Gasteiger partial charge in [0.15, 0.2) is 5.95 Å². The van der Waals surface area contributed by atoms with Crippen molar-refractivity contribution in [3.05, 3.63) is 36.2 Å². The summed E-state index contributed by atoms with van der Waals surface area (Å²) >= 11 is 0. The Morgan fingerprint density at radius 1 is 1.47 bits per heavy atom. The van der Waals surface area contributed by atoms with Crippen LogP contribution in [0.15, 0.2) is 30.5 Å². The first kappa shape index (κ1) is 11.3. The van der Waals surface area contributed by atoms with E-state index < -0.39 is 0 Å². The van der Waals surface area contributed by atoms with Crippen LogP contribution in [0.1, 0.15) is 12.6 Å². The van der Waals surface area contributed by atoms with Gasteiger partial charge >= 0.3 is 0 Å². The highest BCUT2D eigenvalue weighted by molar-refractivity contribution is 5.32. The van der Waals surface area contributed by atoms with E-state index in [1.54, 1.807) is 30.5 Å². The van der Waals surface area contributed by atoms with E-state index in [1.165, 1.54) is 0 Å². The molecule has 0 saturated heterocycles. The van der Waals surface area contributed by atoms with Crippen LogP contribution in [0.25, 0.3) is 0 Å². The fourth-order valence-electron chi connectivity index (χ4n) is 1.64. The summed E-state index contributed by atoms with van der Waals surface area (Å²) in [5, 5.41) is 9.30. The number of phenols is 1. The van der Waals surface area contributed by atoms with E-state index in [9.17, 15) is 5.11 Å². The van der Waals surface area contributed by atoms with Crippen LogP contribution in [0.4, 0.5) is 5.95 Å². The molecule has 0 aliphatic rings. The summed E-state index contributed by atoms with van der Waals surface area (Å²) in [6, 6.07) is 6.68. The van der Waals surface area contributed by atoms with Crippen LogP contribution in [0.5, 0.6) is 11.5 Å². The van der Waals surface area contributed by atoms with Gasteiger partial charge in [0.1, 0.15) is 18.1 Å². The second kappa shape index (κ2) is 4.78. The monoisotopic (exact) mass is 233 g/mol. The van der Waals surface area contributed by atoms with Gasteiger partial charge < -0.3 is 20.1 Å². The van der Waals surface area contributed by atoms with Crippen molar-refractivity contribution in [3.63, 3.8) is 0 Å². The molecule has 3 N–H and O–H groups in total. The molecule has 2 rings (SSSR count). The quantitative estimate of drug-likeness (QED) is 0.844. The SMILES string of the molecule is CCn1c(COc2cccc(O)c2)cnc1N. The Morgan fingerprint density at radius 2 is 2.29 bits per heavy atom. The average Bonchev–Trinajstić information content (AvgIpc) is 2.67. The minimum atomic E-state index is 0.186. The highest BCUT2D eigenvalue weighted by atomic mass is 16.5. The third kappa shape index (κ3) is 2.50. The Labute approximate surface area is 99.5 Å². The maximum absolute atomic E-state index is 9.30. The van der Waals surface area contributed by atoms with Crippen LogP contribution < -0.4 is 10.5 Å². The fourth-order valence-corrected chi connectivity index (χ4v) is 1.64. The molecule has 1 aromatic heterocycles. The Hall–Kier alpha value is -2.17. The van der Waals surface area contributed by atoms with Crippen LogP contribution in [-0.2, 0) is 13.2 Å². The molecule has 5 heteroatoms. The fraction of sp³-hybridized carbons (Fsp3) is 0.250. The number of aromatic nitrogens is 2. The largest absolute Gasteiger partial charge is 0.508 e. The Balaban J connectivity index is 2.07. The third-order valence-electron chi connectivity index (χ3n) is 2.49. The molecule has 1 aromatic carbocycles. The molecule has 2 aromatic rings. The minimum Gasteiger partial charge on any atom is -0.508 e. The molecule has 17 heavy (non-hydrogen) atoms. The number of hydrogen-bond acceptors (Lipinski definition) is 4. The third-order valence-corrected chi connectivity index (χ3v) is 2.49. The van der Waals surface area contributed by atoms with Crippen molar-refractivity contribution in [1.82, 2.24) is 9.55 Å². The van der Waals surface area contributed by atoms with Gasteiger partial charge in [-0.15, -0.1) is 0 Å². The van der Waals surface area contributed by atoms with Crippen LogP contribution in [-0.4, -0.2) is 14.7 Å². The number of ether oxygens (including phenoxy) is 1. The molecule has 0 unspecified atom stereocenters. The van der Waals surface area contributed by atoms with Gasteiger partial charge in [-0.3, -0.25) is 0 Å². The second-order valence-electron chi connectivity index (χ2n) is 3.64. The zero-order valence-electron chi connectivity index (χ0n) is 9.63. The summed E-state index contributed by atoms with van der Waals surface area (Å²) in [5.74, 6) is 1.29. The van der Waals surface area contributed by atoms with Gasteiger partial charge in [0.05, 0.1) is 11.9 Å². The van der Waals surface area contributed by atoms with Gasteiger partial charge in [-0.25, -0.2) is 4.98 Å². The van der Waals surface area contributed by atoms with Crippen molar-refractivity contribution in [3.8, 4) is 11.5 Å². The van der Waals surface area contributed by atoms with Crippen molar-refractivity contribution in [2.24, 2.45) is 0 Å². The molecule has 0 spiro atoms. The first-order chi connectivity index (χ1) is 8.20. The topological polar surface area (TPSA) is 73.3 Å². The molecule has 0 radical (unpaired) electrons. The summed E-state index contributed by atoms with van der Waals surface area (Å²) in [7, 11) is 0. The van der Waals surface area contributed by atoms with E-state index in [0.29, 0.717) is 18.3 Å². The molecule has 1 heterocycles. The van der Waals surface area contributed by atoms with Crippen molar-refractivity contribution >= 4 is 5.95 Å². The number of rotatable bonds is 4. The van der Waals surface area contributed by atoms with Gasteiger partial charge in [-0.2, -0.15) is 0 Å². The summed E-state index contributed by atoms with van der Waals surface area (Å²) in [4.78, 5) is 4.03. The first-order valence-corrected chi connectivity index (χ1v) is 5.42. The van der Waals surface area contributed by atoms with Crippen molar-refractivity contribution in [2.75, 3.05) is 5.73 Å². The van der Waals surface area contributed by atoms with E-state index in [1.807, 2.05) is 11.5 Å². The number of nitrogen functional groups attached to an aromatic ring is 1. The molecule has 0 saturated carbocycles. The smallest absolute Gasteiger partial charge is 0.200 e. The number of benzene rings is 1. The number of imidazole rings is 1. The van der Waals surface area contributed by atoms with Gasteiger partial charge in [0.25, 0.3) is 0 Å². The zero-order chi connectivity index (χ0) is 12.3. The number of hydrogen-bond donors (Lipinski definition) is 2. The Bertz CT molecular complexity index is 508. The summed E-state index contributed by atoms with van der Waals surface area (Å²) in [6.07, 6.45) is 1.70. The van der Waals surface area contributed by atoms with E-state index in [0.717, 1.165) is 12.2 Å². The molecule has 5 nitrogen and oxygen atoms in total. The maximum atomic E-state index is 9.30. The van der Waals surface area contributed by atoms with Crippen molar-refractivity contribution < 1.29 is 9.84 Å². The van der Waals surface area contributed by atoms with Crippen LogP contribution >= 0.6 is 0 Å². The molecular formula is C12H15N3O2. The lowest BCUT2D eigenvalue weighted by Gasteiger charge is -2.09. The molecule has 0 atom stereocenters. The Morgan fingerprint density at radius 3 is 3.00 bits per heavy atom. The number of aromatic hydroxyl groups is 1. The standard InChI is InChI=1S/C12H15N3O2/c1-2-15-9(7-14-12(15)13)8-17-11-5-3-4-10(16)6-11/h3-7,16H,2,8H2,1H3,(H2,13,14). The Kier molecular flexibility index (Phi) is 3.18. The van der Waals surface area contributed by atoms with Crippen LogP contribution in [0.3, 0.4) is 0 Å². The lowest BCUT2D eigenvalue weighted by molar-refractivity contribution is 0.294. The van der Waals surface area contributed by atoms with E-state index in [2.05, 4.69) is 4.98 Å².